The molecular formula is C22H26N2O4S. The summed E-state index contributed by atoms with van der Waals surface area (Å²) in [5.41, 5.74) is 4.12. The summed E-state index contributed by atoms with van der Waals surface area (Å²) in [4.78, 5) is 13.9. The Morgan fingerprint density at radius 1 is 1.07 bits per heavy atom. The van der Waals surface area contributed by atoms with Gasteiger partial charge in [-0.25, -0.2) is 8.42 Å². The van der Waals surface area contributed by atoms with E-state index in [1.807, 2.05) is 0 Å². The van der Waals surface area contributed by atoms with Gasteiger partial charge in [0.15, 0.2) is 5.78 Å². The highest BCUT2D eigenvalue weighted by Crippen LogP contribution is 2.32. The lowest BCUT2D eigenvalue weighted by Gasteiger charge is -2.41. The second kappa shape index (κ2) is 7.89. The van der Waals surface area contributed by atoms with E-state index in [-0.39, 0.29) is 16.7 Å². The summed E-state index contributed by atoms with van der Waals surface area (Å²) in [5.74, 6) is -0.0750. The van der Waals surface area contributed by atoms with Crippen molar-refractivity contribution in [2.24, 2.45) is 0 Å². The first kappa shape index (κ1) is 20.1. The van der Waals surface area contributed by atoms with Gasteiger partial charge in [0.2, 0.25) is 10.0 Å². The number of rotatable bonds is 4. The molecule has 0 bridgehead atoms. The van der Waals surface area contributed by atoms with E-state index in [0.717, 1.165) is 12.8 Å². The van der Waals surface area contributed by atoms with Gasteiger partial charge in [0.05, 0.1) is 11.5 Å². The number of carbonyl (C=O) groups is 1. The second-order valence-electron chi connectivity index (χ2n) is 7.80. The number of nitrogens with zero attached hydrogens (tertiary/aromatic N) is 2. The summed E-state index contributed by atoms with van der Waals surface area (Å²) in [5, 5.41) is 0. The molecule has 0 atom stereocenters. The Bertz CT molecular complexity index is 1010. The monoisotopic (exact) mass is 414 g/mol. The molecule has 0 spiro atoms. The van der Waals surface area contributed by atoms with Crippen LogP contribution >= 0.6 is 0 Å². The molecule has 0 amide bonds. The van der Waals surface area contributed by atoms with Gasteiger partial charge in [-0.15, -0.1) is 0 Å². The molecule has 2 aliphatic heterocycles. The topological polar surface area (TPSA) is 66.9 Å². The van der Waals surface area contributed by atoms with E-state index in [9.17, 15) is 13.2 Å². The highest BCUT2D eigenvalue weighted by molar-refractivity contribution is 7.89. The Balaban J connectivity index is 1.46. The third-order valence-corrected chi connectivity index (χ3v) is 7.71. The number of hydrogen-bond donors (Lipinski definition) is 0. The molecule has 0 aliphatic carbocycles. The van der Waals surface area contributed by atoms with Crippen LogP contribution in [0.3, 0.4) is 0 Å². The lowest BCUT2D eigenvalue weighted by Crippen LogP contribution is -2.48. The van der Waals surface area contributed by atoms with Crippen LogP contribution in [-0.4, -0.2) is 44.4 Å². The summed E-state index contributed by atoms with van der Waals surface area (Å²) in [7, 11) is -3.55. The van der Waals surface area contributed by atoms with E-state index in [1.54, 1.807) is 16.4 Å². The first-order chi connectivity index (χ1) is 13.9. The second-order valence-corrected chi connectivity index (χ2v) is 9.73. The molecular weight excluding hydrogens is 388 g/mol. The zero-order valence-electron chi connectivity index (χ0n) is 16.8. The summed E-state index contributed by atoms with van der Waals surface area (Å²) in [6.45, 7) is 5.65. The van der Waals surface area contributed by atoms with Crippen molar-refractivity contribution in [1.82, 2.24) is 4.31 Å². The number of aryl methyl sites for hydroxylation is 1. The lowest BCUT2D eigenvalue weighted by molar-refractivity contribution is 0.0987. The first-order valence-electron chi connectivity index (χ1n) is 9.91. The maximum Gasteiger partial charge on any atom is 0.243 e. The van der Waals surface area contributed by atoms with Gasteiger partial charge in [0.25, 0.3) is 0 Å². The van der Waals surface area contributed by atoms with E-state index in [1.165, 1.54) is 35.9 Å². The van der Waals surface area contributed by atoms with Gasteiger partial charge in [-0.3, -0.25) is 4.79 Å². The van der Waals surface area contributed by atoms with Crippen LogP contribution in [-0.2, 0) is 21.4 Å². The molecule has 0 saturated carbocycles. The van der Waals surface area contributed by atoms with E-state index in [2.05, 4.69) is 30.0 Å². The van der Waals surface area contributed by atoms with Gasteiger partial charge in [0, 0.05) is 35.9 Å². The Morgan fingerprint density at radius 2 is 1.76 bits per heavy atom. The van der Waals surface area contributed by atoms with E-state index < -0.39 is 10.0 Å². The zero-order valence-corrected chi connectivity index (χ0v) is 17.6. The van der Waals surface area contributed by atoms with Crippen LogP contribution in [0.4, 0.5) is 5.69 Å². The molecule has 2 aromatic carbocycles. The summed E-state index contributed by atoms with van der Waals surface area (Å²) in [6.07, 6.45) is 1.50. The average Bonchev–Trinajstić information content (AvgIpc) is 2.73. The third kappa shape index (κ3) is 3.95. The number of hydrogen-bond acceptors (Lipinski definition) is 5. The Labute approximate surface area is 172 Å². The van der Waals surface area contributed by atoms with Crippen LogP contribution in [0.5, 0.6) is 0 Å². The highest BCUT2D eigenvalue weighted by Gasteiger charge is 2.33. The van der Waals surface area contributed by atoms with E-state index >= 15 is 0 Å². The smallest absolute Gasteiger partial charge is 0.243 e. The number of benzene rings is 2. The van der Waals surface area contributed by atoms with Crippen molar-refractivity contribution in [2.75, 3.05) is 24.7 Å². The molecule has 0 aromatic heterocycles. The van der Waals surface area contributed by atoms with Crippen LogP contribution in [0.25, 0.3) is 0 Å². The molecule has 2 aliphatic rings. The van der Waals surface area contributed by atoms with Gasteiger partial charge < -0.3 is 9.64 Å². The molecule has 7 heteroatoms. The zero-order chi connectivity index (χ0) is 20.6. The molecule has 2 aromatic rings. The van der Waals surface area contributed by atoms with Crippen molar-refractivity contribution < 1.29 is 17.9 Å². The van der Waals surface area contributed by atoms with Crippen molar-refractivity contribution in [2.45, 2.75) is 44.2 Å². The Morgan fingerprint density at radius 3 is 2.41 bits per heavy atom. The van der Waals surface area contributed by atoms with Crippen molar-refractivity contribution in [1.29, 1.82) is 0 Å². The fourth-order valence-electron chi connectivity index (χ4n) is 4.14. The summed E-state index contributed by atoms with van der Waals surface area (Å²) >= 11 is 0. The SMILES string of the molecule is CC(=O)c1ccc(S(=O)(=O)N2CCC(N3COCc4cc(C)ccc43)CC2)cc1. The van der Waals surface area contributed by atoms with E-state index in [4.69, 9.17) is 4.74 Å². The fraction of sp³-hybridized carbons (Fsp3) is 0.409. The van der Waals surface area contributed by atoms with Gasteiger partial charge >= 0.3 is 0 Å². The van der Waals surface area contributed by atoms with Gasteiger partial charge in [0.1, 0.15) is 6.73 Å². The quantitative estimate of drug-likeness (QED) is 0.718. The maximum absolute atomic E-state index is 13.0. The number of piperidine rings is 1. The molecule has 0 radical (unpaired) electrons. The molecule has 154 valence electrons. The molecule has 1 saturated heterocycles. The van der Waals surface area contributed by atoms with E-state index in [0.29, 0.717) is 32.0 Å². The average molecular weight is 415 g/mol. The number of anilines is 1. The van der Waals surface area contributed by atoms with Crippen molar-refractivity contribution in [3.05, 3.63) is 59.2 Å². The van der Waals surface area contributed by atoms with Crippen molar-refractivity contribution in [3.63, 3.8) is 0 Å². The highest BCUT2D eigenvalue weighted by atomic mass is 32.2. The molecule has 1 fully saturated rings. The lowest BCUT2D eigenvalue weighted by atomic mass is 10.0. The number of carbonyl (C=O) groups excluding carboxylic acids is 1. The Hall–Kier alpha value is -2.22. The number of ketones is 1. The first-order valence-corrected chi connectivity index (χ1v) is 11.4. The van der Waals surface area contributed by atoms with Gasteiger partial charge in [-0.1, -0.05) is 29.8 Å². The standard InChI is InChI=1S/C22H26N2O4S/c1-16-3-8-22-19(13-16)14-28-15-24(22)20-9-11-23(12-10-20)29(26,27)21-6-4-18(5-7-21)17(2)25/h3-8,13,20H,9-12,14-15H2,1-2H3. The predicted molar refractivity (Wildman–Crippen MR) is 112 cm³/mol. The number of sulfonamides is 1. The van der Waals surface area contributed by atoms with Gasteiger partial charge in [-0.05, 0) is 44.9 Å². The summed E-state index contributed by atoms with van der Waals surface area (Å²) in [6, 6.07) is 12.9. The molecule has 0 N–H and O–H groups in total. The van der Waals surface area contributed by atoms with Gasteiger partial charge in [-0.2, -0.15) is 4.31 Å². The largest absolute Gasteiger partial charge is 0.356 e. The fourth-order valence-corrected chi connectivity index (χ4v) is 5.61. The number of ether oxygens (including phenoxy) is 1. The third-order valence-electron chi connectivity index (χ3n) is 5.80. The maximum atomic E-state index is 13.0. The van der Waals surface area contributed by atoms with Crippen LogP contribution < -0.4 is 4.90 Å². The van der Waals surface area contributed by atoms with Crippen molar-refractivity contribution in [3.8, 4) is 0 Å². The molecule has 0 unspecified atom stereocenters. The minimum Gasteiger partial charge on any atom is -0.356 e. The molecule has 6 nitrogen and oxygen atoms in total. The minimum absolute atomic E-state index is 0.0750. The Kier molecular flexibility index (Phi) is 5.46. The van der Waals surface area contributed by atoms with Crippen LogP contribution in [0, 0.1) is 6.92 Å². The summed E-state index contributed by atoms with van der Waals surface area (Å²) < 4.78 is 33.3. The van der Waals surface area contributed by atoms with Crippen LogP contribution in [0.1, 0.15) is 41.3 Å². The van der Waals surface area contributed by atoms with Crippen molar-refractivity contribution >= 4 is 21.5 Å². The molecule has 4 rings (SSSR count). The molecule has 29 heavy (non-hydrogen) atoms. The number of fused-ring (bicyclic) bond motifs is 1. The normalized spacial score (nSPS) is 18.5. The van der Waals surface area contributed by atoms with Crippen LogP contribution in [0.15, 0.2) is 47.4 Å². The minimum atomic E-state index is -3.55. The number of Topliss-reactive ketones (excluding diaryl/α,β-unsaturated/α-hetero) is 1. The predicted octanol–water partition coefficient (Wildman–Crippen LogP) is 3.35. The van der Waals surface area contributed by atoms with Crippen LogP contribution in [0.2, 0.25) is 0 Å². The molecule has 2 heterocycles.